The Morgan fingerprint density at radius 2 is 1.85 bits per heavy atom. The van der Waals surface area contributed by atoms with Gasteiger partial charge in [-0.15, -0.1) is 0 Å². The van der Waals surface area contributed by atoms with Gasteiger partial charge in [0, 0.05) is 28.4 Å². The van der Waals surface area contributed by atoms with Crippen LogP contribution in [0.5, 0.6) is 0 Å². The molecule has 2 aliphatic rings. The first kappa shape index (κ1) is 18.3. The van der Waals surface area contributed by atoms with E-state index in [9.17, 15) is 9.59 Å². The average molecular weight is 367 g/mol. The third kappa shape index (κ3) is 3.09. The monoisotopic (exact) mass is 366 g/mol. The van der Waals surface area contributed by atoms with Crippen molar-refractivity contribution in [3.63, 3.8) is 0 Å². The zero-order chi connectivity index (χ0) is 19.4. The fraction of sp³-hybridized carbons (Fsp3) is 0.565. The van der Waals surface area contributed by atoms with Crippen molar-refractivity contribution in [2.24, 2.45) is 11.3 Å². The molecular weight excluding hydrogens is 336 g/mol. The van der Waals surface area contributed by atoms with Gasteiger partial charge in [0.2, 0.25) is 0 Å². The molecule has 4 heteroatoms. The summed E-state index contributed by atoms with van der Waals surface area (Å²) < 4.78 is 0. The van der Waals surface area contributed by atoms with Crippen LogP contribution in [-0.4, -0.2) is 23.2 Å². The van der Waals surface area contributed by atoms with Gasteiger partial charge in [-0.1, -0.05) is 40.5 Å². The molecule has 0 unspecified atom stereocenters. The van der Waals surface area contributed by atoms with E-state index in [0.29, 0.717) is 11.5 Å². The number of nitrogens with one attached hydrogen (secondary N) is 2. The first-order valence-electron chi connectivity index (χ1n) is 10.2. The van der Waals surface area contributed by atoms with Crippen LogP contribution < -0.4 is 5.32 Å². The lowest BCUT2D eigenvalue weighted by molar-refractivity contribution is 0.0759. The fourth-order valence-electron chi connectivity index (χ4n) is 5.37. The van der Waals surface area contributed by atoms with Crippen LogP contribution in [0.1, 0.15) is 86.2 Å². The van der Waals surface area contributed by atoms with E-state index in [1.807, 2.05) is 32.0 Å². The standard InChI is InChI=1S/C23H30N2O2/c1-22(2)13-23(3,4)20(26)19-18(22)16-11-15(9-10-17(16)25-19)21(27)24-12-14-7-5-6-8-14/h9-11,14,25H,5-8,12-13H2,1-4H3,(H,24,27). The van der Waals surface area contributed by atoms with E-state index in [-0.39, 0.29) is 22.5 Å². The molecule has 0 atom stereocenters. The minimum Gasteiger partial charge on any atom is -0.352 e. The van der Waals surface area contributed by atoms with Crippen LogP contribution >= 0.6 is 0 Å². The zero-order valence-electron chi connectivity index (χ0n) is 16.9. The van der Waals surface area contributed by atoms with E-state index in [4.69, 9.17) is 0 Å². The second kappa shape index (κ2) is 6.22. The molecular formula is C23H30N2O2. The third-order valence-electron chi connectivity index (χ3n) is 6.49. The van der Waals surface area contributed by atoms with Crippen LogP contribution in [0.4, 0.5) is 0 Å². The Morgan fingerprint density at radius 1 is 1.15 bits per heavy atom. The molecule has 2 aliphatic carbocycles. The Hall–Kier alpha value is -2.10. The minimum absolute atomic E-state index is 0.0148. The van der Waals surface area contributed by atoms with Crippen molar-refractivity contribution in [3.8, 4) is 0 Å². The molecule has 4 nitrogen and oxygen atoms in total. The third-order valence-corrected chi connectivity index (χ3v) is 6.49. The maximum atomic E-state index is 13.0. The number of rotatable bonds is 3. The van der Waals surface area contributed by atoms with Gasteiger partial charge < -0.3 is 10.3 Å². The Bertz CT molecular complexity index is 914. The van der Waals surface area contributed by atoms with Gasteiger partial charge in [0.05, 0.1) is 5.69 Å². The van der Waals surface area contributed by atoms with Gasteiger partial charge in [-0.3, -0.25) is 9.59 Å². The number of hydrogen-bond donors (Lipinski definition) is 2. The molecule has 2 N–H and O–H groups in total. The normalized spacial score (nSPS) is 21.4. The summed E-state index contributed by atoms with van der Waals surface area (Å²) in [5.74, 6) is 0.774. The molecule has 1 aromatic carbocycles. The van der Waals surface area contributed by atoms with Crippen LogP contribution in [0.2, 0.25) is 0 Å². The number of aromatic amines is 1. The predicted octanol–water partition coefficient (Wildman–Crippen LogP) is 4.98. The summed E-state index contributed by atoms with van der Waals surface area (Å²) in [5, 5.41) is 4.11. The van der Waals surface area contributed by atoms with Gasteiger partial charge in [-0.25, -0.2) is 0 Å². The first-order valence-corrected chi connectivity index (χ1v) is 10.2. The molecule has 2 aromatic rings. The van der Waals surface area contributed by atoms with E-state index in [2.05, 4.69) is 24.1 Å². The lowest BCUT2D eigenvalue weighted by Crippen LogP contribution is -2.39. The number of benzene rings is 1. The average Bonchev–Trinajstić information content (AvgIpc) is 3.23. The highest BCUT2D eigenvalue weighted by atomic mass is 16.1. The number of ketones is 1. The molecule has 144 valence electrons. The molecule has 0 saturated heterocycles. The van der Waals surface area contributed by atoms with Crippen molar-refractivity contribution in [1.82, 2.24) is 10.3 Å². The molecule has 0 bridgehead atoms. The summed E-state index contributed by atoms with van der Waals surface area (Å²) >= 11 is 0. The van der Waals surface area contributed by atoms with Crippen molar-refractivity contribution >= 4 is 22.6 Å². The summed E-state index contributed by atoms with van der Waals surface area (Å²) in [5.41, 5.74) is 2.90. The number of fused-ring (bicyclic) bond motifs is 3. The highest BCUT2D eigenvalue weighted by Gasteiger charge is 2.45. The van der Waals surface area contributed by atoms with Crippen molar-refractivity contribution in [2.45, 2.75) is 65.2 Å². The molecule has 1 saturated carbocycles. The highest BCUT2D eigenvalue weighted by molar-refractivity contribution is 6.08. The van der Waals surface area contributed by atoms with E-state index in [1.54, 1.807) is 0 Å². The second-order valence-electron chi connectivity index (χ2n) is 9.77. The van der Waals surface area contributed by atoms with Crippen LogP contribution in [0.25, 0.3) is 10.9 Å². The smallest absolute Gasteiger partial charge is 0.251 e. The zero-order valence-corrected chi connectivity index (χ0v) is 16.9. The van der Waals surface area contributed by atoms with Gasteiger partial charge in [-0.2, -0.15) is 0 Å². The molecule has 1 amide bonds. The summed E-state index contributed by atoms with van der Waals surface area (Å²) in [6.45, 7) is 9.20. The molecule has 1 fully saturated rings. The maximum absolute atomic E-state index is 13.0. The van der Waals surface area contributed by atoms with Gasteiger partial charge in [-0.05, 0) is 54.4 Å². The number of carbonyl (C=O) groups is 2. The van der Waals surface area contributed by atoms with Crippen LogP contribution in [0.3, 0.4) is 0 Å². The lowest BCUT2D eigenvalue weighted by Gasteiger charge is -2.39. The molecule has 0 spiro atoms. The minimum atomic E-state index is -0.376. The SMILES string of the molecule is CC1(C)CC(C)(C)c2c([nH]c3ccc(C(=O)NCC4CCCC4)cc23)C1=O. The highest BCUT2D eigenvalue weighted by Crippen LogP contribution is 2.48. The molecule has 4 rings (SSSR count). The van der Waals surface area contributed by atoms with Crippen LogP contribution in [0, 0.1) is 11.3 Å². The van der Waals surface area contributed by atoms with E-state index in [0.717, 1.165) is 35.1 Å². The van der Waals surface area contributed by atoms with E-state index >= 15 is 0 Å². The van der Waals surface area contributed by atoms with Crippen LogP contribution in [0.15, 0.2) is 18.2 Å². The Labute approximate surface area is 161 Å². The summed E-state index contributed by atoms with van der Waals surface area (Å²) in [7, 11) is 0. The number of amides is 1. The second-order valence-corrected chi connectivity index (χ2v) is 9.77. The number of H-pyrrole nitrogens is 1. The van der Waals surface area contributed by atoms with Crippen molar-refractivity contribution in [2.75, 3.05) is 6.54 Å². The lowest BCUT2D eigenvalue weighted by atomic mass is 9.63. The molecule has 27 heavy (non-hydrogen) atoms. The largest absolute Gasteiger partial charge is 0.352 e. The molecule has 1 heterocycles. The van der Waals surface area contributed by atoms with Gasteiger partial charge in [0.15, 0.2) is 5.78 Å². The fourth-order valence-corrected chi connectivity index (χ4v) is 5.37. The van der Waals surface area contributed by atoms with Crippen LogP contribution in [-0.2, 0) is 5.41 Å². The van der Waals surface area contributed by atoms with Crippen molar-refractivity contribution in [3.05, 3.63) is 35.0 Å². The van der Waals surface area contributed by atoms with Gasteiger partial charge in [0.25, 0.3) is 5.91 Å². The maximum Gasteiger partial charge on any atom is 0.251 e. The number of hydrogen-bond acceptors (Lipinski definition) is 2. The van der Waals surface area contributed by atoms with E-state index in [1.165, 1.54) is 25.7 Å². The van der Waals surface area contributed by atoms with E-state index < -0.39 is 0 Å². The van der Waals surface area contributed by atoms with Gasteiger partial charge >= 0.3 is 0 Å². The quantitative estimate of drug-likeness (QED) is 0.805. The Balaban J connectivity index is 1.69. The first-order chi connectivity index (χ1) is 12.7. The number of carbonyl (C=O) groups excluding carboxylic acids is 2. The summed E-state index contributed by atoms with van der Waals surface area (Å²) in [6.07, 6.45) is 5.80. The predicted molar refractivity (Wildman–Crippen MR) is 108 cm³/mol. The molecule has 0 aliphatic heterocycles. The molecule has 0 radical (unpaired) electrons. The van der Waals surface area contributed by atoms with Crippen molar-refractivity contribution in [1.29, 1.82) is 0 Å². The summed E-state index contributed by atoms with van der Waals surface area (Å²) in [6, 6.07) is 5.76. The number of Topliss-reactive ketones (excluding diaryl/α,β-unsaturated/α-hetero) is 1. The number of aromatic nitrogens is 1. The van der Waals surface area contributed by atoms with Crippen molar-refractivity contribution < 1.29 is 9.59 Å². The topological polar surface area (TPSA) is 62.0 Å². The van der Waals surface area contributed by atoms with Gasteiger partial charge in [0.1, 0.15) is 0 Å². The Morgan fingerprint density at radius 3 is 2.56 bits per heavy atom. The summed E-state index contributed by atoms with van der Waals surface area (Å²) in [4.78, 5) is 29.0. The molecule has 1 aromatic heterocycles. The Kier molecular flexibility index (Phi) is 4.21.